The van der Waals surface area contributed by atoms with Gasteiger partial charge in [-0.05, 0) is 66.8 Å². The van der Waals surface area contributed by atoms with Gasteiger partial charge in [-0.25, -0.2) is 0 Å². The summed E-state index contributed by atoms with van der Waals surface area (Å²) in [6.07, 6.45) is 13.6. The fraction of sp³-hybridized carbons (Fsp3) is 0.567. The van der Waals surface area contributed by atoms with Gasteiger partial charge in [0.05, 0.1) is 0 Å². The van der Waals surface area contributed by atoms with Crippen molar-refractivity contribution in [3.05, 3.63) is 59.7 Å². The van der Waals surface area contributed by atoms with E-state index in [1.54, 1.807) is 24.3 Å². The standard InChI is InChI=1S/C30H45NO3S/c1-3-4-22-31(2)30(34)13-11-9-7-5-6-8-10-12-23-35-29(26-16-20-28(33)21-17-26)24-25-14-18-27(32)19-15-25/h14-21,29,32-33H,3-13,22-24H2,1-2H3. The number of hydrogen-bond donors (Lipinski definition) is 2. The molecule has 4 nitrogen and oxygen atoms in total. The summed E-state index contributed by atoms with van der Waals surface area (Å²) >= 11 is 1.98. The first-order valence-corrected chi connectivity index (χ1v) is 14.5. The maximum Gasteiger partial charge on any atom is 0.222 e. The smallest absolute Gasteiger partial charge is 0.222 e. The molecule has 2 aromatic carbocycles. The molecule has 1 unspecified atom stereocenters. The van der Waals surface area contributed by atoms with Crippen molar-refractivity contribution in [2.24, 2.45) is 0 Å². The second kappa shape index (κ2) is 17.3. The molecular formula is C30H45NO3S. The number of aromatic hydroxyl groups is 2. The molecule has 194 valence electrons. The topological polar surface area (TPSA) is 60.8 Å². The van der Waals surface area contributed by atoms with E-state index < -0.39 is 0 Å². The molecule has 0 bridgehead atoms. The highest BCUT2D eigenvalue weighted by atomic mass is 32.2. The van der Waals surface area contributed by atoms with Gasteiger partial charge < -0.3 is 15.1 Å². The Bertz CT molecular complexity index is 823. The molecule has 35 heavy (non-hydrogen) atoms. The summed E-state index contributed by atoms with van der Waals surface area (Å²) < 4.78 is 0. The lowest BCUT2D eigenvalue weighted by atomic mass is 10.0. The molecule has 0 aliphatic carbocycles. The molecule has 0 saturated heterocycles. The molecule has 1 amide bonds. The van der Waals surface area contributed by atoms with Crippen molar-refractivity contribution in [1.29, 1.82) is 0 Å². The normalized spacial score (nSPS) is 11.9. The van der Waals surface area contributed by atoms with E-state index in [0.717, 1.165) is 44.4 Å². The molecule has 5 heteroatoms. The molecule has 2 N–H and O–H groups in total. The Morgan fingerprint density at radius 1 is 0.800 bits per heavy atom. The highest BCUT2D eigenvalue weighted by Gasteiger charge is 2.13. The minimum atomic E-state index is 0.297. The number of unbranched alkanes of at least 4 members (excludes halogenated alkanes) is 8. The minimum absolute atomic E-state index is 0.297. The Morgan fingerprint density at radius 2 is 1.34 bits per heavy atom. The van der Waals surface area contributed by atoms with Crippen LogP contribution in [0.5, 0.6) is 11.5 Å². The first-order chi connectivity index (χ1) is 17.0. The first-order valence-electron chi connectivity index (χ1n) is 13.4. The second-order valence-corrected chi connectivity index (χ2v) is 10.9. The number of thioether (sulfide) groups is 1. The largest absolute Gasteiger partial charge is 0.508 e. The third kappa shape index (κ3) is 12.4. The number of carbonyl (C=O) groups is 1. The third-order valence-electron chi connectivity index (χ3n) is 6.50. The zero-order valence-corrected chi connectivity index (χ0v) is 22.6. The van der Waals surface area contributed by atoms with Gasteiger partial charge in [0.1, 0.15) is 11.5 Å². The lowest BCUT2D eigenvalue weighted by molar-refractivity contribution is -0.130. The van der Waals surface area contributed by atoms with Crippen molar-refractivity contribution in [3.8, 4) is 11.5 Å². The van der Waals surface area contributed by atoms with E-state index in [2.05, 4.69) is 6.92 Å². The number of benzene rings is 2. The van der Waals surface area contributed by atoms with Crippen LogP contribution in [0.1, 0.15) is 93.9 Å². The zero-order chi connectivity index (χ0) is 25.3. The summed E-state index contributed by atoms with van der Waals surface area (Å²) in [6.45, 7) is 3.05. The Labute approximate surface area is 217 Å². The van der Waals surface area contributed by atoms with Crippen LogP contribution in [0, 0.1) is 0 Å². The summed E-state index contributed by atoms with van der Waals surface area (Å²) in [7, 11) is 1.93. The predicted molar refractivity (Wildman–Crippen MR) is 149 cm³/mol. The number of rotatable bonds is 18. The van der Waals surface area contributed by atoms with Crippen molar-refractivity contribution < 1.29 is 15.0 Å². The third-order valence-corrected chi connectivity index (χ3v) is 7.86. The lowest BCUT2D eigenvalue weighted by Crippen LogP contribution is -2.27. The van der Waals surface area contributed by atoms with Crippen molar-refractivity contribution in [1.82, 2.24) is 4.90 Å². The Balaban J connectivity index is 1.58. The summed E-state index contributed by atoms with van der Waals surface area (Å²) in [5.41, 5.74) is 2.44. The average molecular weight is 500 g/mol. The van der Waals surface area contributed by atoms with Crippen molar-refractivity contribution >= 4 is 17.7 Å². The number of amides is 1. The molecule has 2 rings (SSSR count). The highest BCUT2D eigenvalue weighted by Crippen LogP contribution is 2.34. The molecule has 0 aromatic heterocycles. The molecular weight excluding hydrogens is 454 g/mol. The van der Waals surface area contributed by atoms with Crippen LogP contribution in [0.15, 0.2) is 48.5 Å². The van der Waals surface area contributed by atoms with Gasteiger partial charge in [0, 0.05) is 25.3 Å². The van der Waals surface area contributed by atoms with Gasteiger partial charge >= 0.3 is 0 Å². The molecule has 0 spiro atoms. The monoisotopic (exact) mass is 499 g/mol. The van der Waals surface area contributed by atoms with E-state index in [1.165, 1.54) is 49.7 Å². The number of carbonyl (C=O) groups excluding carboxylic acids is 1. The lowest BCUT2D eigenvalue weighted by Gasteiger charge is -2.18. The molecule has 0 fully saturated rings. The highest BCUT2D eigenvalue weighted by molar-refractivity contribution is 7.99. The van der Waals surface area contributed by atoms with E-state index in [1.807, 2.05) is 48.0 Å². The van der Waals surface area contributed by atoms with Crippen LogP contribution in [0.2, 0.25) is 0 Å². The summed E-state index contributed by atoms with van der Waals surface area (Å²) in [6, 6.07) is 15.0. The van der Waals surface area contributed by atoms with Gasteiger partial charge in [-0.15, -0.1) is 0 Å². The van der Waals surface area contributed by atoms with E-state index >= 15 is 0 Å². The fourth-order valence-electron chi connectivity index (χ4n) is 4.18. The van der Waals surface area contributed by atoms with E-state index in [9.17, 15) is 15.0 Å². The Hall–Kier alpha value is -2.14. The number of nitrogens with zero attached hydrogens (tertiary/aromatic N) is 1. The van der Waals surface area contributed by atoms with E-state index in [0.29, 0.717) is 29.1 Å². The SMILES string of the molecule is CCCCN(C)C(=O)CCCCCCCCCCSC(Cc1ccc(O)cc1)c1ccc(O)cc1. The minimum Gasteiger partial charge on any atom is -0.508 e. The summed E-state index contributed by atoms with van der Waals surface area (Å²) in [4.78, 5) is 13.9. The van der Waals surface area contributed by atoms with Gasteiger partial charge in [-0.2, -0.15) is 11.8 Å². The number of phenolic OH excluding ortho intramolecular Hbond substituents is 2. The summed E-state index contributed by atoms with van der Waals surface area (Å²) in [5, 5.41) is 19.5. The van der Waals surface area contributed by atoms with Crippen molar-refractivity contribution in [3.63, 3.8) is 0 Å². The molecule has 0 saturated carbocycles. The summed E-state index contributed by atoms with van der Waals surface area (Å²) in [5.74, 6) is 2.02. The quantitative estimate of drug-likeness (QED) is 0.205. The van der Waals surface area contributed by atoms with Gasteiger partial charge in [0.2, 0.25) is 5.91 Å². The van der Waals surface area contributed by atoms with Crippen molar-refractivity contribution in [2.45, 2.75) is 89.2 Å². The molecule has 1 atom stereocenters. The second-order valence-electron chi connectivity index (χ2n) is 9.57. The van der Waals surface area contributed by atoms with Gasteiger partial charge in [-0.3, -0.25) is 4.79 Å². The van der Waals surface area contributed by atoms with Crippen molar-refractivity contribution in [2.75, 3.05) is 19.3 Å². The van der Waals surface area contributed by atoms with E-state index in [4.69, 9.17) is 0 Å². The van der Waals surface area contributed by atoms with Crippen LogP contribution in [0.25, 0.3) is 0 Å². The van der Waals surface area contributed by atoms with Crippen LogP contribution in [-0.4, -0.2) is 40.4 Å². The van der Waals surface area contributed by atoms with Crippen LogP contribution in [-0.2, 0) is 11.2 Å². The van der Waals surface area contributed by atoms with Crippen LogP contribution < -0.4 is 0 Å². The number of phenols is 2. The molecule has 0 aliphatic heterocycles. The first kappa shape index (κ1) is 29.1. The Morgan fingerprint density at radius 3 is 1.94 bits per heavy atom. The van der Waals surface area contributed by atoms with Crippen LogP contribution in [0.4, 0.5) is 0 Å². The molecule has 2 aromatic rings. The average Bonchev–Trinajstić information content (AvgIpc) is 2.86. The molecule has 0 aliphatic rings. The zero-order valence-electron chi connectivity index (χ0n) is 21.8. The van der Waals surface area contributed by atoms with Crippen LogP contribution >= 0.6 is 11.8 Å². The van der Waals surface area contributed by atoms with Gasteiger partial charge in [0.25, 0.3) is 0 Å². The van der Waals surface area contributed by atoms with Gasteiger partial charge in [0.15, 0.2) is 0 Å². The number of hydrogen-bond acceptors (Lipinski definition) is 4. The fourth-order valence-corrected chi connectivity index (χ4v) is 5.50. The Kier molecular flexibility index (Phi) is 14.4. The molecule has 0 heterocycles. The maximum atomic E-state index is 12.1. The molecule has 0 radical (unpaired) electrons. The maximum absolute atomic E-state index is 12.1. The van der Waals surface area contributed by atoms with Crippen LogP contribution in [0.3, 0.4) is 0 Å². The predicted octanol–water partition coefficient (Wildman–Crippen LogP) is 7.88. The van der Waals surface area contributed by atoms with Gasteiger partial charge in [-0.1, -0.05) is 76.1 Å². The van der Waals surface area contributed by atoms with E-state index in [-0.39, 0.29) is 0 Å².